The Morgan fingerprint density at radius 1 is 1.32 bits per heavy atom. The van der Waals surface area contributed by atoms with Crippen LogP contribution in [0.5, 0.6) is 5.75 Å². The van der Waals surface area contributed by atoms with Crippen LogP contribution < -0.4 is 10.1 Å². The number of rotatable bonds is 4. The number of methoxy groups -OCH3 is 1. The van der Waals surface area contributed by atoms with Crippen molar-refractivity contribution in [3.05, 3.63) is 47.8 Å². The standard InChI is InChI=1S/C18H21N3O4/c1-20-7-3-4-15(20)18(23)21-8-9-25-16-6-5-14(10-13(16)11-21)19-17(22)12-24-2/h3-7,10H,8-9,11-12H2,1-2H3,(H,19,22). The summed E-state index contributed by atoms with van der Waals surface area (Å²) in [5, 5.41) is 2.77. The smallest absolute Gasteiger partial charge is 0.270 e. The number of nitrogens with one attached hydrogen (secondary N) is 1. The van der Waals surface area contributed by atoms with Crippen LogP contribution in [-0.4, -0.2) is 48.1 Å². The summed E-state index contributed by atoms with van der Waals surface area (Å²) in [7, 11) is 3.32. The number of anilines is 1. The Hall–Kier alpha value is -2.80. The average molecular weight is 343 g/mol. The highest BCUT2D eigenvalue weighted by Crippen LogP contribution is 2.27. The van der Waals surface area contributed by atoms with Crippen molar-refractivity contribution in [2.75, 3.05) is 32.2 Å². The molecule has 25 heavy (non-hydrogen) atoms. The van der Waals surface area contributed by atoms with E-state index in [1.165, 1.54) is 7.11 Å². The van der Waals surface area contributed by atoms with E-state index in [-0.39, 0.29) is 18.4 Å². The van der Waals surface area contributed by atoms with Gasteiger partial charge in [0.1, 0.15) is 24.7 Å². The zero-order valence-corrected chi connectivity index (χ0v) is 14.3. The maximum atomic E-state index is 12.8. The van der Waals surface area contributed by atoms with Gasteiger partial charge in [0.25, 0.3) is 5.91 Å². The fourth-order valence-corrected chi connectivity index (χ4v) is 2.82. The van der Waals surface area contributed by atoms with E-state index in [4.69, 9.17) is 9.47 Å². The number of hydrogen-bond donors (Lipinski definition) is 1. The fraction of sp³-hybridized carbons (Fsp3) is 0.333. The lowest BCUT2D eigenvalue weighted by Crippen LogP contribution is -2.33. The highest BCUT2D eigenvalue weighted by molar-refractivity contribution is 5.93. The van der Waals surface area contributed by atoms with Crippen LogP contribution >= 0.6 is 0 Å². The fourth-order valence-electron chi connectivity index (χ4n) is 2.82. The molecule has 0 unspecified atom stereocenters. The summed E-state index contributed by atoms with van der Waals surface area (Å²) in [6.45, 7) is 1.35. The second kappa shape index (κ2) is 7.40. The quantitative estimate of drug-likeness (QED) is 0.916. The molecule has 1 aliphatic heterocycles. The van der Waals surface area contributed by atoms with Gasteiger partial charge >= 0.3 is 0 Å². The van der Waals surface area contributed by atoms with Crippen LogP contribution in [0, 0.1) is 0 Å². The van der Waals surface area contributed by atoms with Gasteiger partial charge in [-0.15, -0.1) is 0 Å². The van der Waals surface area contributed by atoms with Gasteiger partial charge < -0.3 is 24.3 Å². The number of aryl methyl sites for hydroxylation is 1. The molecule has 0 atom stereocenters. The first-order chi connectivity index (χ1) is 12.1. The SMILES string of the molecule is COCC(=O)Nc1ccc2c(c1)CN(C(=O)c1cccn1C)CCO2. The minimum atomic E-state index is -0.228. The van der Waals surface area contributed by atoms with Crippen LogP contribution in [0.4, 0.5) is 5.69 Å². The lowest BCUT2D eigenvalue weighted by Gasteiger charge is -2.20. The molecule has 7 heteroatoms. The summed E-state index contributed by atoms with van der Waals surface area (Å²) >= 11 is 0. The van der Waals surface area contributed by atoms with Crippen molar-refractivity contribution in [3.63, 3.8) is 0 Å². The van der Waals surface area contributed by atoms with E-state index in [9.17, 15) is 9.59 Å². The maximum Gasteiger partial charge on any atom is 0.270 e. The van der Waals surface area contributed by atoms with Crippen molar-refractivity contribution in [1.82, 2.24) is 9.47 Å². The molecule has 0 spiro atoms. The number of amides is 2. The molecular weight excluding hydrogens is 322 g/mol. The van der Waals surface area contributed by atoms with Gasteiger partial charge in [-0.25, -0.2) is 0 Å². The van der Waals surface area contributed by atoms with Crippen LogP contribution in [0.15, 0.2) is 36.5 Å². The zero-order chi connectivity index (χ0) is 17.8. The summed E-state index contributed by atoms with van der Waals surface area (Å²) in [6, 6.07) is 9.07. The number of carbonyl (C=O) groups excluding carboxylic acids is 2. The maximum absolute atomic E-state index is 12.8. The highest BCUT2D eigenvalue weighted by atomic mass is 16.5. The Morgan fingerprint density at radius 2 is 2.16 bits per heavy atom. The molecule has 1 aromatic carbocycles. The van der Waals surface area contributed by atoms with Crippen molar-refractivity contribution in [2.24, 2.45) is 7.05 Å². The van der Waals surface area contributed by atoms with Gasteiger partial charge in [0.2, 0.25) is 5.91 Å². The number of benzene rings is 1. The van der Waals surface area contributed by atoms with Crippen molar-refractivity contribution in [3.8, 4) is 5.75 Å². The van der Waals surface area contributed by atoms with Gasteiger partial charge in [-0.1, -0.05) is 0 Å². The number of ether oxygens (including phenoxy) is 2. The zero-order valence-electron chi connectivity index (χ0n) is 14.3. The van der Waals surface area contributed by atoms with Gasteiger partial charge in [0, 0.05) is 38.1 Å². The molecule has 3 rings (SSSR count). The van der Waals surface area contributed by atoms with Crippen LogP contribution in [0.1, 0.15) is 16.1 Å². The van der Waals surface area contributed by atoms with E-state index < -0.39 is 0 Å². The number of carbonyl (C=O) groups is 2. The molecule has 2 aromatic rings. The van der Waals surface area contributed by atoms with Crippen molar-refractivity contribution < 1.29 is 19.1 Å². The van der Waals surface area contributed by atoms with Gasteiger partial charge in [-0.05, 0) is 30.3 Å². The second-order valence-electron chi connectivity index (χ2n) is 5.88. The number of fused-ring (bicyclic) bond motifs is 1. The summed E-state index contributed by atoms with van der Waals surface area (Å²) in [6.07, 6.45) is 1.85. The highest BCUT2D eigenvalue weighted by Gasteiger charge is 2.22. The second-order valence-corrected chi connectivity index (χ2v) is 5.88. The molecule has 2 heterocycles. The lowest BCUT2D eigenvalue weighted by molar-refractivity contribution is -0.119. The lowest BCUT2D eigenvalue weighted by atomic mass is 10.1. The summed E-state index contributed by atoms with van der Waals surface area (Å²) in [5.41, 5.74) is 2.14. The minimum absolute atomic E-state index is 0.00825. The summed E-state index contributed by atoms with van der Waals surface area (Å²) < 4.78 is 12.4. The molecule has 132 valence electrons. The monoisotopic (exact) mass is 343 g/mol. The molecule has 1 aromatic heterocycles. The van der Waals surface area contributed by atoms with E-state index in [2.05, 4.69) is 5.32 Å². The first kappa shape index (κ1) is 17.0. The Kier molecular flexibility index (Phi) is 5.04. The molecule has 0 aliphatic carbocycles. The number of aromatic nitrogens is 1. The third-order valence-corrected chi connectivity index (χ3v) is 4.05. The van der Waals surface area contributed by atoms with E-state index in [0.717, 1.165) is 11.3 Å². The molecule has 0 fully saturated rings. The Balaban J connectivity index is 1.80. The third kappa shape index (κ3) is 3.83. The largest absolute Gasteiger partial charge is 0.491 e. The molecule has 0 radical (unpaired) electrons. The average Bonchev–Trinajstić information content (AvgIpc) is 2.89. The predicted molar refractivity (Wildman–Crippen MR) is 92.6 cm³/mol. The van der Waals surface area contributed by atoms with Crippen molar-refractivity contribution >= 4 is 17.5 Å². The predicted octanol–water partition coefficient (Wildman–Crippen LogP) is 1.64. The Labute approximate surface area is 146 Å². The molecule has 1 N–H and O–H groups in total. The van der Waals surface area contributed by atoms with E-state index in [1.807, 2.05) is 31.4 Å². The summed E-state index contributed by atoms with van der Waals surface area (Å²) in [5.74, 6) is 0.457. The molecule has 0 saturated carbocycles. The van der Waals surface area contributed by atoms with Crippen molar-refractivity contribution in [2.45, 2.75) is 6.54 Å². The Bertz CT molecular complexity index is 784. The molecule has 7 nitrogen and oxygen atoms in total. The molecule has 0 saturated heterocycles. The van der Waals surface area contributed by atoms with E-state index >= 15 is 0 Å². The normalized spacial score (nSPS) is 13.6. The molecule has 0 bridgehead atoms. The first-order valence-electron chi connectivity index (χ1n) is 8.03. The van der Waals surface area contributed by atoms with Gasteiger partial charge in [-0.3, -0.25) is 9.59 Å². The van der Waals surface area contributed by atoms with Crippen LogP contribution in [0.3, 0.4) is 0 Å². The third-order valence-electron chi connectivity index (χ3n) is 4.05. The van der Waals surface area contributed by atoms with E-state index in [1.54, 1.807) is 21.6 Å². The number of hydrogen-bond acceptors (Lipinski definition) is 4. The molecule has 1 aliphatic rings. The van der Waals surface area contributed by atoms with Gasteiger partial charge in [0.15, 0.2) is 0 Å². The summed E-state index contributed by atoms with van der Waals surface area (Å²) in [4.78, 5) is 26.2. The topological polar surface area (TPSA) is 72.8 Å². The van der Waals surface area contributed by atoms with Gasteiger partial charge in [0.05, 0.1) is 6.54 Å². The first-order valence-corrected chi connectivity index (χ1v) is 8.03. The number of nitrogens with zero attached hydrogens (tertiary/aromatic N) is 2. The van der Waals surface area contributed by atoms with Crippen LogP contribution in [0.2, 0.25) is 0 Å². The molecule has 2 amide bonds. The van der Waals surface area contributed by atoms with Crippen LogP contribution in [-0.2, 0) is 23.1 Å². The van der Waals surface area contributed by atoms with Crippen LogP contribution in [0.25, 0.3) is 0 Å². The van der Waals surface area contributed by atoms with Crippen molar-refractivity contribution in [1.29, 1.82) is 0 Å². The Morgan fingerprint density at radius 3 is 2.88 bits per heavy atom. The minimum Gasteiger partial charge on any atom is -0.491 e. The van der Waals surface area contributed by atoms with Gasteiger partial charge in [-0.2, -0.15) is 0 Å². The molecular formula is C18H21N3O4. The van der Waals surface area contributed by atoms with E-state index in [0.29, 0.717) is 31.1 Å².